The summed E-state index contributed by atoms with van der Waals surface area (Å²) in [5, 5.41) is 3.76. The summed E-state index contributed by atoms with van der Waals surface area (Å²) < 4.78 is 11.3. The van der Waals surface area contributed by atoms with Crippen LogP contribution in [0.4, 0.5) is 0 Å². The Bertz CT molecular complexity index is 605. The maximum absolute atomic E-state index is 5.73. The molecule has 2 fully saturated rings. The first kappa shape index (κ1) is 20.0. The van der Waals surface area contributed by atoms with Crippen molar-refractivity contribution in [3.63, 3.8) is 0 Å². The molecule has 1 aromatic carbocycles. The molecule has 4 nitrogen and oxygen atoms in total. The van der Waals surface area contributed by atoms with E-state index < -0.39 is 0 Å². The van der Waals surface area contributed by atoms with E-state index in [1.165, 1.54) is 89.5 Å². The Hall–Kier alpha value is -1.26. The lowest BCUT2D eigenvalue weighted by Crippen LogP contribution is -2.36. The number of hydrogen-bond acceptors (Lipinski definition) is 4. The van der Waals surface area contributed by atoms with Crippen LogP contribution in [-0.2, 0) is 0 Å². The van der Waals surface area contributed by atoms with E-state index in [4.69, 9.17) is 9.47 Å². The van der Waals surface area contributed by atoms with Crippen molar-refractivity contribution in [2.24, 2.45) is 5.92 Å². The SMILES string of the molecule is CCCCNC1CCC(CCN2CCC(c3cccc4c3OCO4)CC2)CC1. The minimum atomic E-state index is 0.377. The number of likely N-dealkylation sites (tertiary alicyclic amines) is 1. The van der Waals surface area contributed by atoms with Crippen LogP contribution in [0.2, 0.25) is 0 Å². The molecule has 1 aliphatic carbocycles. The molecule has 1 saturated carbocycles. The lowest BCUT2D eigenvalue weighted by Gasteiger charge is -2.34. The van der Waals surface area contributed by atoms with Crippen LogP contribution in [0, 0.1) is 5.92 Å². The fourth-order valence-corrected chi connectivity index (χ4v) is 5.25. The van der Waals surface area contributed by atoms with Crippen molar-refractivity contribution in [2.75, 3.05) is 33.0 Å². The topological polar surface area (TPSA) is 33.7 Å². The van der Waals surface area contributed by atoms with E-state index in [9.17, 15) is 0 Å². The van der Waals surface area contributed by atoms with Gasteiger partial charge in [0.1, 0.15) is 0 Å². The second kappa shape index (κ2) is 9.98. The zero-order valence-electron chi connectivity index (χ0n) is 17.6. The smallest absolute Gasteiger partial charge is 0.231 e. The maximum Gasteiger partial charge on any atom is 0.231 e. The number of ether oxygens (including phenoxy) is 2. The van der Waals surface area contributed by atoms with Crippen molar-refractivity contribution in [1.82, 2.24) is 10.2 Å². The van der Waals surface area contributed by atoms with E-state index in [2.05, 4.69) is 29.3 Å². The van der Waals surface area contributed by atoms with Crippen LogP contribution in [0.5, 0.6) is 11.5 Å². The summed E-state index contributed by atoms with van der Waals surface area (Å²) in [5.41, 5.74) is 1.36. The Morgan fingerprint density at radius 2 is 1.86 bits per heavy atom. The van der Waals surface area contributed by atoms with Crippen LogP contribution in [0.15, 0.2) is 18.2 Å². The molecule has 0 bridgehead atoms. The lowest BCUT2D eigenvalue weighted by molar-refractivity contribution is 0.168. The van der Waals surface area contributed by atoms with Crippen molar-refractivity contribution in [3.8, 4) is 11.5 Å². The third kappa shape index (κ3) is 5.01. The molecule has 2 aliphatic heterocycles. The monoisotopic (exact) mass is 386 g/mol. The Labute approximate surface area is 171 Å². The molecule has 4 rings (SSSR count). The molecular formula is C24H38N2O2. The Morgan fingerprint density at radius 1 is 1.04 bits per heavy atom. The number of benzene rings is 1. The van der Waals surface area contributed by atoms with Gasteiger partial charge in [-0.15, -0.1) is 0 Å². The molecule has 2 heterocycles. The largest absolute Gasteiger partial charge is 0.454 e. The third-order valence-electron chi connectivity index (χ3n) is 7.12. The van der Waals surface area contributed by atoms with Gasteiger partial charge in [-0.2, -0.15) is 0 Å². The third-order valence-corrected chi connectivity index (χ3v) is 7.12. The molecule has 3 aliphatic rings. The summed E-state index contributed by atoms with van der Waals surface area (Å²) in [5.74, 6) is 3.51. The van der Waals surface area contributed by atoms with Gasteiger partial charge >= 0.3 is 0 Å². The highest BCUT2D eigenvalue weighted by Crippen LogP contribution is 2.42. The average molecular weight is 387 g/mol. The summed E-state index contributed by atoms with van der Waals surface area (Å²) in [6.45, 7) is 7.60. The minimum Gasteiger partial charge on any atom is -0.454 e. The van der Waals surface area contributed by atoms with Crippen molar-refractivity contribution < 1.29 is 9.47 Å². The van der Waals surface area contributed by atoms with Gasteiger partial charge in [0.25, 0.3) is 0 Å². The zero-order valence-corrected chi connectivity index (χ0v) is 17.6. The predicted octanol–water partition coefficient (Wildman–Crippen LogP) is 4.93. The number of piperidine rings is 1. The molecule has 0 unspecified atom stereocenters. The molecule has 0 aromatic heterocycles. The molecular weight excluding hydrogens is 348 g/mol. The molecule has 0 atom stereocenters. The molecule has 1 aromatic rings. The number of nitrogens with zero attached hydrogens (tertiary/aromatic N) is 1. The number of unbranched alkanes of at least 4 members (excludes halogenated alkanes) is 1. The standard InChI is InChI=1S/C24H38N2O2/c1-2-3-14-25-21-9-7-19(8-10-21)11-15-26-16-12-20(13-17-26)22-5-4-6-23-24(22)28-18-27-23/h4-6,19-21,25H,2-3,7-18H2,1H3. The van der Waals surface area contributed by atoms with Gasteiger partial charge in [0.2, 0.25) is 6.79 Å². The molecule has 4 heteroatoms. The second-order valence-electron chi connectivity index (χ2n) is 9.01. The Balaban J connectivity index is 1.16. The van der Waals surface area contributed by atoms with Crippen LogP contribution >= 0.6 is 0 Å². The molecule has 28 heavy (non-hydrogen) atoms. The molecule has 0 spiro atoms. The predicted molar refractivity (Wildman–Crippen MR) is 114 cm³/mol. The molecule has 1 saturated heterocycles. The minimum absolute atomic E-state index is 0.377. The van der Waals surface area contributed by atoms with Crippen LogP contribution in [0.3, 0.4) is 0 Å². The summed E-state index contributed by atoms with van der Waals surface area (Å²) >= 11 is 0. The van der Waals surface area contributed by atoms with Crippen LogP contribution < -0.4 is 14.8 Å². The Morgan fingerprint density at radius 3 is 2.64 bits per heavy atom. The fourth-order valence-electron chi connectivity index (χ4n) is 5.25. The van der Waals surface area contributed by atoms with E-state index in [-0.39, 0.29) is 0 Å². The average Bonchev–Trinajstić information content (AvgIpc) is 3.23. The first-order valence-electron chi connectivity index (χ1n) is 11.7. The number of nitrogens with one attached hydrogen (secondary N) is 1. The molecule has 0 amide bonds. The summed E-state index contributed by atoms with van der Waals surface area (Å²) in [6.07, 6.45) is 12.1. The number of hydrogen-bond donors (Lipinski definition) is 1. The second-order valence-corrected chi connectivity index (χ2v) is 9.01. The van der Waals surface area contributed by atoms with Gasteiger partial charge in [0, 0.05) is 11.6 Å². The van der Waals surface area contributed by atoms with Crippen LogP contribution in [0.25, 0.3) is 0 Å². The van der Waals surface area contributed by atoms with Crippen molar-refractivity contribution >= 4 is 0 Å². The molecule has 0 radical (unpaired) electrons. The maximum atomic E-state index is 5.73. The van der Waals surface area contributed by atoms with E-state index in [0.717, 1.165) is 23.5 Å². The highest BCUT2D eigenvalue weighted by molar-refractivity contribution is 5.49. The molecule has 1 N–H and O–H groups in total. The van der Waals surface area contributed by atoms with Gasteiger partial charge in [-0.25, -0.2) is 0 Å². The normalized spacial score (nSPS) is 25.9. The van der Waals surface area contributed by atoms with E-state index >= 15 is 0 Å². The summed E-state index contributed by atoms with van der Waals surface area (Å²) in [6, 6.07) is 7.16. The van der Waals surface area contributed by atoms with E-state index in [0.29, 0.717) is 12.7 Å². The van der Waals surface area contributed by atoms with Crippen molar-refractivity contribution in [3.05, 3.63) is 23.8 Å². The number of rotatable bonds is 8. The fraction of sp³-hybridized carbons (Fsp3) is 0.750. The van der Waals surface area contributed by atoms with Crippen LogP contribution in [-0.4, -0.2) is 43.9 Å². The van der Waals surface area contributed by atoms with Crippen LogP contribution in [0.1, 0.15) is 76.2 Å². The summed E-state index contributed by atoms with van der Waals surface area (Å²) in [4.78, 5) is 2.70. The first-order valence-corrected chi connectivity index (χ1v) is 11.7. The zero-order chi connectivity index (χ0) is 19.2. The highest BCUT2D eigenvalue weighted by Gasteiger charge is 2.27. The highest BCUT2D eigenvalue weighted by atomic mass is 16.7. The van der Waals surface area contributed by atoms with Crippen molar-refractivity contribution in [1.29, 1.82) is 0 Å². The van der Waals surface area contributed by atoms with Gasteiger partial charge in [0.05, 0.1) is 0 Å². The number of para-hydroxylation sites is 1. The van der Waals surface area contributed by atoms with Gasteiger partial charge in [-0.1, -0.05) is 25.5 Å². The van der Waals surface area contributed by atoms with Gasteiger partial charge in [-0.3, -0.25) is 0 Å². The lowest BCUT2D eigenvalue weighted by atomic mass is 9.83. The van der Waals surface area contributed by atoms with E-state index in [1.54, 1.807) is 0 Å². The molecule has 156 valence electrons. The van der Waals surface area contributed by atoms with Gasteiger partial charge < -0.3 is 19.7 Å². The van der Waals surface area contributed by atoms with Gasteiger partial charge in [0.15, 0.2) is 11.5 Å². The quantitative estimate of drug-likeness (QED) is 0.642. The first-order chi connectivity index (χ1) is 13.8. The van der Waals surface area contributed by atoms with E-state index in [1.807, 2.05) is 6.07 Å². The van der Waals surface area contributed by atoms with Crippen molar-refractivity contribution in [2.45, 2.75) is 76.7 Å². The Kier molecular flexibility index (Phi) is 7.14. The summed E-state index contributed by atoms with van der Waals surface area (Å²) in [7, 11) is 0. The number of fused-ring (bicyclic) bond motifs is 1. The van der Waals surface area contributed by atoms with Gasteiger partial charge in [-0.05, 0) is 95.4 Å².